The van der Waals surface area contributed by atoms with Crippen molar-refractivity contribution in [2.45, 2.75) is 0 Å². The van der Waals surface area contributed by atoms with Crippen LogP contribution >= 0.6 is 12.2 Å². The number of fused-ring (bicyclic) bond motifs is 1. The molecule has 0 saturated carbocycles. The summed E-state index contributed by atoms with van der Waals surface area (Å²) in [6.45, 7) is 0.0331. The molecule has 0 amide bonds. The third kappa shape index (κ3) is 1.83. The molecule has 2 aromatic heterocycles. The first-order chi connectivity index (χ1) is 7.33. The maximum absolute atomic E-state index is 11.7. The molecule has 0 unspecified atom stereocenters. The lowest BCUT2D eigenvalue weighted by Crippen LogP contribution is -2.01. The van der Waals surface area contributed by atoms with Gasteiger partial charge < -0.3 is 4.98 Å². The lowest BCUT2D eigenvalue weighted by atomic mass is 10.1. The van der Waals surface area contributed by atoms with E-state index in [0.29, 0.717) is 11.2 Å². The lowest BCUT2D eigenvalue weighted by molar-refractivity contribution is 0.100. The molecule has 1 N–H and O–H groups in total. The van der Waals surface area contributed by atoms with Crippen molar-refractivity contribution >= 4 is 34.2 Å². The molecule has 2 rings (SSSR count). The van der Waals surface area contributed by atoms with Crippen LogP contribution in [0.15, 0.2) is 29.5 Å². The second-order valence-corrected chi connectivity index (χ2v) is 3.12. The molecule has 0 aliphatic carbocycles. The minimum atomic E-state index is -0.0911. The van der Waals surface area contributed by atoms with E-state index in [4.69, 9.17) is 0 Å². The zero-order valence-electron chi connectivity index (χ0n) is 7.73. The SMILES string of the molecule is O=C(CN=C=S)c1c[nH]c2ncccc12. The van der Waals surface area contributed by atoms with Crippen molar-refractivity contribution < 1.29 is 4.79 Å². The number of rotatable bonds is 3. The predicted molar refractivity (Wildman–Crippen MR) is 60.3 cm³/mol. The number of nitrogens with zero attached hydrogens (tertiary/aromatic N) is 2. The highest BCUT2D eigenvalue weighted by atomic mass is 32.1. The van der Waals surface area contributed by atoms with E-state index in [1.165, 1.54) is 0 Å². The summed E-state index contributed by atoms with van der Waals surface area (Å²) in [4.78, 5) is 22.3. The highest BCUT2D eigenvalue weighted by Gasteiger charge is 2.10. The fourth-order valence-corrected chi connectivity index (χ4v) is 1.44. The molecule has 0 aliphatic rings. The Balaban J connectivity index is 2.43. The Labute approximate surface area is 91.1 Å². The number of aliphatic imine (C=N–C) groups is 1. The number of aromatic amines is 1. The van der Waals surface area contributed by atoms with Gasteiger partial charge in [0.1, 0.15) is 12.2 Å². The van der Waals surface area contributed by atoms with Gasteiger partial charge in [-0.1, -0.05) is 0 Å². The largest absolute Gasteiger partial charge is 0.345 e. The van der Waals surface area contributed by atoms with Crippen LogP contribution in [-0.2, 0) is 0 Å². The minimum absolute atomic E-state index is 0.0331. The summed E-state index contributed by atoms with van der Waals surface area (Å²) in [5.41, 5.74) is 1.29. The van der Waals surface area contributed by atoms with Crippen LogP contribution in [-0.4, -0.2) is 27.5 Å². The molecule has 0 bridgehead atoms. The molecule has 0 spiro atoms. The number of pyridine rings is 1. The second-order valence-electron chi connectivity index (χ2n) is 2.93. The van der Waals surface area contributed by atoms with Crippen molar-refractivity contribution in [1.29, 1.82) is 0 Å². The van der Waals surface area contributed by atoms with Crippen molar-refractivity contribution in [2.24, 2.45) is 4.99 Å². The van der Waals surface area contributed by atoms with E-state index in [9.17, 15) is 4.79 Å². The Kier molecular flexibility index (Phi) is 2.67. The molecule has 2 aromatic rings. The van der Waals surface area contributed by atoms with Crippen LogP contribution in [0.3, 0.4) is 0 Å². The first kappa shape index (κ1) is 9.71. The van der Waals surface area contributed by atoms with Gasteiger partial charge >= 0.3 is 0 Å². The van der Waals surface area contributed by atoms with Gasteiger partial charge in [0, 0.05) is 23.3 Å². The van der Waals surface area contributed by atoms with Gasteiger partial charge in [-0.05, 0) is 24.4 Å². The van der Waals surface area contributed by atoms with Crippen LogP contribution in [0.25, 0.3) is 11.0 Å². The van der Waals surface area contributed by atoms with Crippen molar-refractivity contribution in [3.63, 3.8) is 0 Å². The maximum atomic E-state index is 11.7. The van der Waals surface area contributed by atoms with Crippen LogP contribution in [0, 0.1) is 0 Å². The van der Waals surface area contributed by atoms with Crippen molar-refractivity contribution in [2.75, 3.05) is 6.54 Å². The number of isothiocyanates is 1. The molecule has 4 nitrogen and oxygen atoms in total. The van der Waals surface area contributed by atoms with Crippen molar-refractivity contribution in [3.8, 4) is 0 Å². The Morgan fingerprint density at radius 2 is 2.53 bits per heavy atom. The molecule has 15 heavy (non-hydrogen) atoms. The summed E-state index contributed by atoms with van der Waals surface area (Å²) < 4.78 is 0. The standard InChI is InChI=1S/C10H7N3OS/c14-9(5-11-6-15)8-4-13-10-7(8)2-1-3-12-10/h1-4H,5H2,(H,12,13). The fraction of sp³-hybridized carbons (Fsp3) is 0.100. The predicted octanol–water partition coefficient (Wildman–Crippen LogP) is 1.85. The monoisotopic (exact) mass is 217 g/mol. The molecule has 74 valence electrons. The van der Waals surface area contributed by atoms with Crippen LogP contribution in [0.5, 0.6) is 0 Å². The average Bonchev–Trinajstić information content (AvgIpc) is 2.69. The number of aromatic nitrogens is 2. The molecule has 0 aromatic carbocycles. The average molecular weight is 217 g/mol. The number of carbonyl (C=O) groups excluding carboxylic acids is 1. The quantitative estimate of drug-likeness (QED) is 0.485. The number of hydrogen-bond donors (Lipinski definition) is 1. The summed E-state index contributed by atoms with van der Waals surface area (Å²) in [6, 6.07) is 3.63. The Morgan fingerprint density at radius 3 is 3.33 bits per heavy atom. The van der Waals surface area contributed by atoms with E-state index in [-0.39, 0.29) is 12.3 Å². The van der Waals surface area contributed by atoms with Gasteiger partial charge in [-0.25, -0.2) is 9.98 Å². The minimum Gasteiger partial charge on any atom is -0.345 e. The molecular weight excluding hydrogens is 210 g/mol. The lowest BCUT2D eigenvalue weighted by Gasteiger charge is -1.93. The number of thiocarbonyl (C=S) groups is 1. The van der Waals surface area contributed by atoms with Crippen molar-refractivity contribution in [1.82, 2.24) is 9.97 Å². The Bertz CT molecular complexity index is 555. The Hall–Kier alpha value is -1.84. The zero-order valence-corrected chi connectivity index (χ0v) is 8.54. The third-order valence-corrected chi connectivity index (χ3v) is 2.17. The molecular formula is C10H7N3OS. The number of ketones is 1. The van der Waals surface area contributed by atoms with Gasteiger partial charge in [-0.3, -0.25) is 4.79 Å². The van der Waals surface area contributed by atoms with Gasteiger partial charge in [0.05, 0.1) is 5.16 Å². The van der Waals surface area contributed by atoms with E-state index >= 15 is 0 Å². The van der Waals surface area contributed by atoms with E-state index in [1.54, 1.807) is 18.5 Å². The molecule has 2 heterocycles. The third-order valence-electron chi connectivity index (χ3n) is 2.04. The number of hydrogen-bond acceptors (Lipinski definition) is 4. The highest BCUT2D eigenvalue weighted by molar-refractivity contribution is 7.78. The molecule has 0 aliphatic heterocycles. The maximum Gasteiger partial charge on any atom is 0.187 e. The van der Waals surface area contributed by atoms with E-state index in [2.05, 4.69) is 32.3 Å². The number of Topliss-reactive ketones (excluding diaryl/α,β-unsaturated/α-hetero) is 1. The van der Waals surface area contributed by atoms with Gasteiger partial charge in [-0.15, -0.1) is 0 Å². The van der Waals surface area contributed by atoms with Gasteiger partial charge in [0.2, 0.25) is 0 Å². The summed E-state index contributed by atoms with van der Waals surface area (Å²) in [6.07, 6.45) is 3.31. The fourth-order valence-electron chi connectivity index (χ4n) is 1.38. The second kappa shape index (κ2) is 4.13. The first-order valence-corrected chi connectivity index (χ1v) is 4.72. The van der Waals surface area contributed by atoms with Crippen LogP contribution < -0.4 is 0 Å². The van der Waals surface area contributed by atoms with Crippen LogP contribution in [0.4, 0.5) is 0 Å². The topological polar surface area (TPSA) is 58.1 Å². The summed E-state index contributed by atoms with van der Waals surface area (Å²) in [7, 11) is 0. The molecule has 0 saturated heterocycles. The van der Waals surface area contributed by atoms with Gasteiger partial charge in [-0.2, -0.15) is 0 Å². The number of carbonyl (C=O) groups is 1. The van der Waals surface area contributed by atoms with Crippen molar-refractivity contribution in [3.05, 3.63) is 30.1 Å². The van der Waals surface area contributed by atoms with E-state index < -0.39 is 0 Å². The summed E-state index contributed by atoms with van der Waals surface area (Å²) in [5, 5.41) is 2.98. The molecule has 0 fully saturated rings. The normalized spacial score (nSPS) is 9.87. The Morgan fingerprint density at radius 1 is 1.67 bits per heavy atom. The van der Waals surface area contributed by atoms with Gasteiger partial charge in [0.15, 0.2) is 5.78 Å². The van der Waals surface area contributed by atoms with E-state index in [0.717, 1.165) is 5.39 Å². The highest BCUT2D eigenvalue weighted by Crippen LogP contribution is 2.15. The zero-order chi connectivity index (χ0) is 10.7. The summed E-state index contributed by atoms with van der Waals surface area (Å²) >= 11 is 4.41. The molecule has 0 radical (unpaired) electrons. The van der Waals surface area contributed by atoms with Gasteiger partial charge in [0.25, 0.3) is 0 Å². The summed E-state index contributed by atoms with van der Waals surface area (Å²) in [5.74, 6) is -0.0911. The first-order valence-electron chi connectivity index (χ1n) is 4.32. The number of H-pyrrole nitrogens is 1. The molecule has 0 atom stereocenters. The molecule has 5 heteroatoms. The smallest absolute Gasteiger partial charge is 0.187 e. The van der Waals surface area contributed by atoms with Crippen LogP contribution in [0.1, 0.15) is 10.4 Å². The number of nitrogens with one attached hydrogen (secondary N) is 1. The van der Waals surface area contributed by atoms with Crippen LogP contribution in [0.2, 0.25) is 0 Å². The van der Waals surface area contributed by atoms with E-state index in [1.807, 2.05) is 6.07 Å².